The summed E-state index contributed by atoms with van der Waals surface area (Å²) in [5.41, 5.74) is 2.08. The van der Waals surface area contributed by atoms with Gasteiger partial charge in [-0.05, 0) is 25.1 Å². The van der Waals surface area contributed by atoms with Gasteiger partial charge in [-0.15, -0.1) is 0 Å². The SMILES string of the molecule is CCN(CC(=O)OC)C(=O)c1ccc2nc(N(C)C)[nH]c2c1. The molecule has 7 nitrogen and oxygen atoms in total. The topological polar surface area (TPSA) is 78.5 Å². The van der Waals surface area contributed by atoms with Crippen LogP contribution < -0.4 is 4.90 Å². The largest absolute Gasteiger partial charge is 0.468 e. The number of carbonyl (C=O) groups excluding carboxylic acids is 2. The van der Waals surface area contributed by atoms with Crippen molar-refractivity contribution in [3.63, 3.8) is 0 Å². The summed E-state index contributed by atoms with van der Waals surface area (Å²) in [6.07, 6.45) is 0. The average Bonchev–Trinajstić information content (AvgIpc) is 2.94. The monoisotopic (exact) mass is 304 g/mol. The number of benzene rings is 1. The molecule has 2 aromatic rings. The number of nitrogens with one attached hydrogen (secondary N) is 1. The van der Waals surface area contributed by atoms with E-state index in [1.54, 1.807) is 18.2 Å². The molecule has 22 heavy (non-hydrogen) atoms. The fourth-order valence-electron chi connectivity index (χ4n) is 2.07. The zero-order valence-electron chi connectivity index (χ0n) is 13.2. The summed E-state index contributed by atoms with van der Waals surface area (Å²) >= 11 is 0. The Morgan fingerprint density at radius 2 is 2.05 bits per heavy atom. The zero-order valence-corrected chi connectivity index (χ0v) is 13.2. The molecule has 0 spiro atoms. The highest BCUT2D eigenvalue weighted by Gasteiger charge is 2.18. The molecule has 1 aromatic carbocycles. The van der Waals surface area contributed by atoms with Crippen molar-refractivity contribution in [1.82, 2.24) is 14.9 Å². The van der Waals surface area contributed by atoms with E-state index in [9.17, 15) is 9.59 Å². The summed E-state index contributed by atoms with van der Waals surface area (Å²) in [5.74, 6) is 0.0741. The molecule has 1 aromatic heterocycles. The number of methoxy groups -OCH3 is 1. The van der Waals surface area contributed by atoms with Crippen LogP contribution in [0.1, 0.15) is 17.3 Å². The molecular weight excluding hydrogens is 284 g/mol. The van der Waals surface area contributed by atoms with E-state index in [-0.39, 0.29) is 12.5 Å². The standard InChI is InChI=1S/C15H20N4O3/c1-5-19(9-13(20)22-4)14(21)10-6-7-11-12(8-10)17-15(16-11)18(2)3/h6-8H,5,9H2,1-4H3,(H,16,17). The van der Waals surface area contributed by atoms with Crippen LogP contribution in [-0.2, 0) is 9.53 Å². The number of aromatic nitrogens is 2. The Labute approximate surface area is 128 Å². The molecule has 0 aliphatic heterocycles. The van der Waals surface area contributed by atoms with Gasteiger partial charge in [0.2, 0.25) is 5.95 Å². The average molecular weight is 304 g/mol. The number of H-pyrrole nitrogens is 1. The van der Waals surface area contributed by atoms with Crippen LogP contribution in [-0.4, -0.2) is 61.0 Å². The maximum atomic E-state index is 12.5. The van der Waals surface area contributed by atoms with E-state index in [2.05, 4.69) is 14.7 Å². The number of anilines is 1. The number of esters is 1. The van der Waals surface area contributed by atoms with Crippen LogP contribution in [0.5, 0.6) is 0 Å². The Kier molecular flexibility index (Phi) is 4.65. The van der Waals surface area contributed by atoms with Crippen LogP contribution in [0, 0.1) is 0 Å². The first-order valence-electron chi connectivity index (χ1n) is 6.99. The fourth-order valence-corrected chi connectivity index (χ4v) is 2.07. The van der Waals surface area contributed by atoms with Crippen molar-refractivity contribution in [3.8, 4) is 0 Å². The van der Waals surface area contributed by atoms with Crippen molar-refractivity contribution in [2.45, 2.75) is 6.92 Å². The lowest BCUT2D eigenvalue weighted by Crippen LogP contribution is -2.36. The molecule has 118 valence electrons. The first kappa shape index (κ1) is 15.8. The normalized spacial score (nSPS) is 10.5. The number of likely N-dealkylation sites (N-methyl/N-ethyl adjacent to an activating group) is 1. The third-order valence-electron chi connectivity index (χ3n) is 3.36. The van der Waals surface area contributed by atoms with Gasteiger partial charge < -0.3 is 19.5 Å². The molecule has 1 N–H and O–H groups in total. The van der Waals surface area contributed by atoms with Crippen LogP contribution in [0.4, 0.5) is 5.95 Å². The molecule has 7 heteroatoms. The zero-order chi connectivity index (χ0) is 16.3. The minimum absolute atomic E-state index is 0.0597. The van der Waals surface area contributed by atoms with E-state index < -0.39 is 5.97 Å². The van der Waals surface area contributed by atoms with Gasteiger partial charge in [-0.25, -0.2) is 4.98 Å². The number of imidazole rings is 1. The number of hydrogen-bond acceptors (Lipinski definition) is 5. The van der Waals surface area contributed by atoms with Gasteiger partial charge in [0.05, 0.1) is 18.1 Å². The molecule has 0 fully saturated rings. The van der Waals surface area contributed by atoms with Gasteiger partial charge in [0, 0.05) is 26.2 Å². The van der Waals surface area contributed by atoms with Gasteiger partial charge in [-0.2, -0.15) is 0 Å². The quantitative estimate of drug-likeness (QED) is 0.841. The van der Waals surface area contributed by atoms with E-state index in [4.69, 9.17) is 0 Å². The number of ether oxygens (including phenoxy) is 1. The second-order valence-electron chi connectivity index (χ2n) is 5.08. The first-order valence-corrected chi connectivity index (χ1v) is 6.99. The lowest BCUT2D eigenvalue weighted by atomic mass is 10.1. The van der Waals surface area contributed by atoms with Crippen LogP contribution in [0.15, 0.2) is 18.2 Å². The highest BCUT2D eigenvalue weighted by molar-refractivity contribution is 5.98. The molecule has 0 bridgehead atoms. The highest BCUT2D eigenvalue weighted by Crippen LogP contribution is 2.18. The van der Waals surface area contributed by atoms with Crippen LogP contribution in [0.25, 0.3) is 11.0 Å². The maximum Gasteiger partial charge on any atom is 0.325 e. The Balaban J connectivity index is 2.28. The first-order chi connectivity index (χ1) is 10.5. The Hall–Kier alpha value is -2.57. The minimum atomic E-state index is -0.437. The number of aromatic amines is 1. The number of amides is 1. The van der Waals surface area contributed by atoms with Gasteiger partial charge in [-0.1, -0.05) is 0 Å². The lowest BCUT2D eigenvalue weighted by molar-refractivity contribution is -0.141. The molecule has 0 radical (unpaired) electrons. The molecule has 0 atom stereocenters. The molecule has 0 aliphatic rings. The van der Waals surface area contributed by atoms with Crippen LogP contribution >= 0.6 is 0 Å². The number of rotatable bonds is 5. The Morgan fingerprint density at radius 3 is 2.64 bits per heavy atom. The summed E-state index contributed by atoms with van der Waals surface area (Å²) in [5, 5.41) is 0. The molecule has 0 aliphatic carbocycles. The summed E-state index contributed by atoms with van der Waals surface area (Å²) in [6, 6.07) is 5.25. The number of hydrogen-bond donors (Lipinski definition) is 1. The molecule has 0 unspecified atom stereocenters. The number of carbonyl (C=O) groups is 2. The number of nitrogens with zero attached hydrogens (tertiary/aromatic N) is 3. The van der Waals surface area contributed by atoms with E-state index in [0.717, 1.165) is 17.0 Å². The molecule has 1 amide bonds. The fraction of sp³-hybridized carbons (Fsp3) is 0.400. The minimum Gasteiger partial charge on any atom is -0.468 e. The molecule has 1 heterocycles. The third kappa shape index (κ3) is 3.19. The van der Waals surface area contributed by atoms with Crippen molar-refractivity contribution in [2.24, 2.45) is 0 Å². The van der Waals surface area contributed by atoms with Crippen molar-refractivity contribution in [2.75, 3.05) is 39.2 Å². The smallest absolute Gasteiger partial charge is 0.325 e. The molecular formula is C15H20N4O3. The van der Waals surface area contributed by atoms with Crippen LogP contribution in [0.2, 0.25) is 0 Å². The summed E-state index contributed by atoms with van der Waals surface area (Å²) in [4.78, 5) is 34.7. The predicted molar refractivity (Wildman–Crippen MR) is 84.0 cm³/mol. The van der Waals surface area contributed by atoms with Gasteiger partial charge >= 0.3 is 5.97 Å². The maximum absolute atomic E-state index is 12.5. The predicted octanol–water partition coefficient (Wildman–Crippen LogP) is 1.26. The highest BCUT2D eigenvalue weighted by atomic mass is 16.5. The number of fused-ring (bicyclic) bond motifs is 1. The van der Waals surface area contributed by atoms with Gasteiger partial charge in [0.25, 0.3) is 5.91 Å². The summed E-state index contributed by atoms with van der Waals surface area (Å²) in [6.45, 7) is 2.19. The summed E-state index contributed by atoms with van der Waals surface area (Å²) < 4.78 is 4.61. The Bertz CT molecular complexity index is 693. The summed E-state index contributed by atoms with van der Waals surface area (Å²) in [7, 11) is 5.08. The molecule has 0 saturated carbocycles. The lowest BCUT2D eigenvalue weighted by Gasteiger charge is -2.19. The van der Waals surface area contributed by atoms with Gasteiger partial charge in [0.1, 0.15) is 6.54 Å². The molecule has 0 saturated heterocycles. The Morgan fingerprint density at radius 1 is 1.32 bits per heavy atom. The van der Waals surface area contributed by atoms with Crippen molar-refractivity contribution >= 4 is 28.9 Å². The second kappa shape index (κ2) is 6.46. The van der Waals surface area contributed by atoms with Crippen molar-refractivity contribution in [3.05, 3.63) is 23.8 Å². The van der Waals surface area contributed by atoms with E-state index in [1.807, 2.05) is 25.9 Å². The van der Waals surface area contributed by atoms with E-state index in [0.29, 0.717) is 12.1 Å². The van der Waals surface area contributed by atoms with Crippen molar-refractivity contribution in [1.29, 1.82) is 0 Å². The molecule has 2 rings (SSSR count). The van der Waals surface area contributed by atoms with Gasteiger partial charge in [0.15, 0.2) is 0 Å². The van der Waals surface area contributed by atoms with E-state index in [1.165, 1.54) is 12.0 Å². The second-order valence-corrected chi connectivity index (χ2v) is 5.08. The van der Waals surface area contributed by atoms with Crippen LogP contribution in [0.3, 0.4) is 0 Å². The van der Waals surface area contributed by atoms with E-state index >= 15 is 0 Å². The third-order valence-corrected chi connectivity index (χ3v) is 3.36. The van der Waals surface area contributed by atoms with Crippen molar-refractivity contribution < 1.29 is 14.3 Å². The van der Waals surface area contributed by atoms with Gasteiger partial charge in [-0.3, -0.25) is 9.59 Å².